The highest BCUT2D eigenvalue weighted by Gasteiger charge is 2.43. The fourth-order valence-electron chi connectivity index (χ4n) is 8.95. The maximum absolute atomic E-state index is 13.9. The number of unbranched alkanes of at least 4 members (excludes halogenated alkanes) is 1. The molecule has 2 fully saturated rings. The number of hydrogen-bond donors (Lipinski definition) is 0. The van der Waals surface area contributed by atoms with E-state index < -0.39 is 17.9 Å². The molecule has 2 aliphatic rings. The summed E-state index contributed by atoms with van der Waals surface area (Å²) in [6, 6.07) is 51.5. The Labute approximate surface area is 395 Å². The summed E-state index contributed by atoms with van der Waals surface area (Å²) in [4.78, 5) is 40.7. The van der Waals surface area contributed by atoms with E-state index in [0.29, 0.717) is 52.7 Å². The third kappa shape index (κ3) is 10.2. The Bertz CT molecular complexity index is 3090. The molecule has 68 heavy (non-hydrogen) atoms. The van der Waals surface area contributed by atoms with Crippen molar-refractivity contribution in [1.82, 2.24) is 0 Å². The number of carbonyl (C=O) groups excluding carboxylic acids is 3. The number of hydrogen-bond acceptors (Lipinski definition) is 9. The Balaban J connectivity index is 0.771. The van der Waals surface area contributed by atoms with Gasteiger partial charge in [-0.1, -0.05) is 103 Å². The van der Waals surface area contributed by atoms with Gasteiger partial charge in [0.2, 0.25) is 0 Å². The van der Waals surface area contributed by atoms with Gasteiger partial charge in [-0.3, -0.25) is 0 Å². The summed E-state index contributed by atoms with van der Waals surface area (Å²) in [5.41, 5.74) is 5.22. The summed E-state index contributed by atoms with van der Waals surface area (Å²) in [5.74, 6) is 0.659. The van der Waals surface area contributed by atoms with Crippen LogP contribution in [0.1, 0.15) is 68.7 Å². The first-order valence-corrected chi connectivity index (χ1v) is 23.3. The van der Waals surface area contributed by atoms with Crippen molar-refractivity contribution >= 4 is 39.5 Å². The third-order valence-corrected chi connectivity index (χ3v) is 12.8. The van der Waals surface area contributed by atoms with E-state index in [0.717, 1.165) is 76.5 Å². The van der Waals surface area contributed by atoms with Gasteiger partial charge in [0.1, 0.15) is 23.0 Å². The number of aryl methyl sites for hydroxylation is 1. The first-order chi connectivity index (χ1) is 33.3. The molecular formula is C59H50O9. The van der Waals surface area contributed by atoms with Crippen LogP contribution in [-0.2, 0) is 9.47 Å². The number of rotatable bonds is 16. The van der Waals surface area contributed by atoms with Gasteiger partial charge in [-0.2, -0.15) is 0 Å². The van der Waals surface area contributed by atoms with Crippen LogP contribution < -0.4 is 18.9 Å². The van der Waals surface area contributed by atoms with Crippen molar-refractivity contribution in [2.24, 2.45) is 5.92 Å². The van der Waals surface area contributed by atoms with Crippen molar-refractivity contribution in [2.75, 3.05) is 19.8 Å². The number of esters is 3. The van der Waals surface area contributed by atoms with E-state index in [1.165, 1.54) is 12.8 Å². The van der Waals surface area contributed by atoms with Crippen LogP contribution in [0, 0.1) is 12.8 Å². The van der Waals surface area contributed by atoms with Crippen molar-refractivity contribution in [3.8, 4) is 45.3 Å². The van der Waals surface area contributed by atoms with Gasteiger partial charge < -0.3 is 28.4 Å². The number of benzene rings is 8. The lowest BCUT2D eigenvalue weighted by Crippen LogP contribution is -2.18. The van der Waals surface area contributed by atoms with Gasteiger partial charge in [0.15, 0.2) is 0 Å². The van der Waals surface area contributed by atoms with Crippen LogP contribution in [0.4, 0.5) is 0 Å². The van der Waals surface area contributed by atoms with Crippen LogP contribution in [0.15, 0.2) is 170 Å². The minimum absolute atomic E-state index is 0.246. The summed E-state index contributed by atoms with van der Waals surface area (Å²) in [5, 5.41) is 3.45. The first-order valence-electron chi connectivity index (χ1n) is 23.3. The van der Waals surface area contributed by atoms with Crippen LogP contribution in [0.5, 0.6) is 23.0 Å². The van der Waals surface area contributed by atoms with Crippen LogP contribution in [0.2, 0.25) is 0 Å². The van der Waals surface area contributed by atoms with Gasteiger partial charge in [0, 0.05) is 24.3 Å². The molecule has 1 saturated heterocycles. The number of epoxide rings is 1. The molecule has 0 spiro atoms. The second kappa shape index (κ2) is 20.1. The topological polar surface area (TPSA) is 110 Å². The molecule has 8 aromatic rings. The molecule has 0 aromatic heterocycles. The van der Waals surface area contributed by atoms with E-state index in [9.17, 15) is 14.4 Å². The smallest absolute Gasteiger partial charge is 0.343 e. The van der Waals surface area contributed by atoms with E-state index in [4.69, 9.17) is 28.4 Å². The molecule has 1 heterocycles. The largest absolute Gasteiger partial charge is 0.494 e. The third-order valence-electron chi connectivity index (χ3n) is 12.8. The predicted molar refractivity (Wildman–Crippen MR) is 263 cm³/mol. The standard InChI is InChI=1S/C59H50O9/c1-38-12-15-44(16-13-38)58(61)67-52-32-25-42-8-2-4-10-49(42)55(52)56-50-11-5-3-9-43(50)26-33-53(56)68-59(62)46-23-29-48(30-24-46)65-57(60)45-19-17-40(18-20-45)41-21-27-47(28-22-41)64-35-7-6-34-63-37-39-14-31-51-54(36-39)66-51/h2-5,8-13,15-30,32-33,39,51,54H,6-7,14,31,34-37H2,1H3. The minimum atomic E-state index is -0.619. The van der Waals surface area contributed by atoms with Crippen molar-refractivity contribution < 1.29 is 42.8 Å². The molecule has 3 unspecified atom stereocenters. The predicted octanol–water partition coefficient (Wildman–Crippen LogP) is 13.0. The van der Waals surface area contributed by atoms with Crippen molar-refractivity contribution in [2.45, 2.75) is 51.2 Å². The van der Waals surface area contributed by atoms with E-state index in [2.05, 4.69) is 0 Å². The lowest BCUT2D eigenvalue weighted by Gasteiger charge is -2.19. The molecule has 340 valence electrons. The fraction of sp³-hybridized carbons (Fsp3) is 0.203. The van der Waals surface area contributed by atoms with Gasteiger partial charge in [0.25, 0.3) is 0 Å². The van der Waals surface area contributed by atoms with Gasteiger partial charge in [0.05, 0.1) is 35.5 Å². The van der Waals surface area contributed by atoms with E-state index in [-0.39, 0.29) is 17.1 Å². The van der Waals surface area contributed by atoms with E-state index >= 15 is 0 Å². The molecule has 1 aliphatic carbocycles. The molecular weight excluding hydrogens is 853 g/mol. The zero-order valence-corrected chi connectivity index (χ0v) is 37.7. The molecule has 0 amide bonds. The van der Waals surface area contributed by atoms with Crippen LogP contribution in [0.3, 0.4) is 0 Å². The van der Waals surface area contributed by atoms with Crippen LogP contribution >= 0.6 is 0 Å². The Hall–Kier alpha value is -7.59. The summed E-state index contributed by atoms with van der Waals surface area (Å²) in [6.45, 7) is 4.17. The molecule has 1 saturated carbocycles. The van der Waals surface area contributed by atoms with Crippen molar-refractivity contribution in [3.63, 3.8) is 0 Å². The van der Waals surface area contributed by atoms with Gasteiger partial charge >= 0.3 is 17.9 Å². The molecule has 1 aliphatic heterocycles. The fourth-order valence-corrected chi connectivity index (χ4v) is 8.95. The lowest BCUT2D eigenvalue weighted by atomic mass is 9.90. The normalized spacial score (nSPS) is 16.2. The zero-order valence-electron chi connectivity index (χ0n) is 37.7. The van der Waals surface area contributed by atoms with Gasteiger partial charge in [-0.15, -0.1) is 0 Å². The highest BCUT2D eigenvalue weighted by atomic mass is 16.6. The van der Waals surface area contributed by atoms with E-state index in [1.54, 1.807) is 60.7 Å². The van der Waals surface area contributed by atoms with Crippen molar-refractivity contribution in [3.05, 3.63) is 192 Å². The summed E-state index contributed by atoms with van der Waals surface area (Å²) < 4.78 is 35.6. The summed E-state index contributed by atoms with van der Waals surface area (Å²) in [6.07, 6.45) is 6.45. The Kier molecular flexibility index (Phi) is 13.1. The minimum Gasteiger partial charge on any atom is -0.494 e. The average Bonchev–Trinajstić information content (AvgIpc) is 4.16. The second-order valence-corrected chi connectivity index (χ2v) is 17.5. The van der Waals surface area contributed by atoms with Crippen LogP contribution in [0.25, 0.3) is 43.8 Å². The highest BCUT2D eigenvalue weighted by Crippen LogP contribution is 2.46. The number of carbonyl (C=O) groups is 3. The summed E-state index contributed by atoms with van der Waals surface area (Å²) in [7, 11) is 0. The molecule has 3 atom stereocenters. The highest BCUT2D eigenvalue weighted by molar-refractivity contribution is 6.11. The Morgan fingerprint density at radius 2 is 1.00 bits per heavy atom. The summed E-state index contributed by atoms with van der Waals surface area (Å²) >= 11 is 0. The zero-order chi connectivity index (χ0) is 46.4. The Morgan fingerprint density at radius 3 is 1.59 bits per heavy atom. The van der Waals surface area contributed by atoms with E-state index in [1.807, 2.05) is 116 Å². The molecule has 0 N–H and O–H groups in total. The molecule has 9 heteroatoms. The Morgan fingerprint density at radius 1 is 0.500 bits per heavy atom. The molecule has 0 bridgehead atoms. The van der Waals surface area contributed by atoms with Gasteiger partial charge in [-0.05, 0) is 150 Å². The second-order valence-electron chi connectivity index (χ2n) is 17.5. The van der Waals surface area contributed by atoms with Crippen LogP contribution in [-0.4, -0.2) is 49.9 Å². The van der Waals surface area contributed by atoms with Gasteiger partial charge in [-0.25, -0.2) is 14.4 Å². The first kappa shape index (κ1) is 44.3. The maximum Gasteiger partial charge on any atom is 0.343 e. The number of fused-ring (bicyclic) bond motifs is 3. The molecule has 8 aromatic carbocycles. The average molecular weight is 903 g/mol. The lowest BCUT2D eigenvalue weighted by molar-refractivity contribution is 0.0722. The quantitative estimate of drug-likeness (QED) is 0.0405. The molecule has 0 radical (unpaired) electrons. The maximum atomic E-state index is 13.9. The molecule has 9 nitrogen and oxygen atoms in total. The number of ether oxygens (including phenoxy) is 6. The van der Waals surface area contributed by atoms with Crippen molar-refractivity contribution in [1.29, 1.82) is 0 Å². The SMILES string of the molecule is Cc1ccc(C(=O)Oc2ccc3ccccc3c2-c2c(OC(=O)c3ccc(OC(=O)c4ccc(-c5ccc(OCCCCOCC6CCC7OC7C6)cc5)cc4)cc3)ccc3ccccc23)cc1. The monoisotopic (exact) mass is 902 g/mol. The molecule has 10 rings (SSSR count).